The second-order valence-corrected chi connectivity index (χ2v) is 6.75. The summed E-state index contributed by atoms with van der Waals surface area (Å²) in [6.07, 6.45) is 0. The summed E-state index contributed by atoms with van der Waals surface area (Å²) in [5.74, 6) is -0.102. The molecule has 1 atom stereocenters. The van der Waals surface area contributed by atoms with Crippen molar-refractivity contribution in [3.63, 3.8) is 0 Å². The molecule has 3 rings (SSSR count). The van der Waals surface area contributed by atoms with Crippen molar-refractivity contribution in [3.8, 4) is 0 Å². The molecule has 2 aromatic carbocycles. The van der Waals surface area contributed by atoms with Crippen LogP contribution in [0.5, 0.6) is 0 Å². The highest BCUT2D eigenvalue weighted by atomic mass is 16.2. The number of carbonyl (C=O) groups excluding carboxylic acids is 2. The van der Waals surface area contributed by atoms with E-state index in [2.05, 4.69) is 6.92 Å². The molecule has 130 valence electrons. The molecule has 0 N–H and O–H groups in total. The molecule has 0 aromatic heterocycles. The van der Waals surface area contributed by atoms with Crippen LogP contribution >= 0.6 is 0 Å². The van der Waals surface area contributed by atoms with Gasteiger partial charge in [-0.2, -0.15) is 0 Å². The molecule has 1 aliphatic heterocycles. The van der Waals surface area contributed by atoms with E-state index in [9.17, 15) is 9.59 Å². The minimum absolute atomic E-state index is 0.0311. The molecule has 0 saturated carbocycles. The van der Waals surface area contributed by atoms with Gasteiger partial charge in [-0.15, -0.1) is 0 Å². The first-order chi connectivity index (χ1) is 11.9. The lowest BCUT2D eigenvalue weighted by Gasteiger charge is -2.39. The topological polar surface area (TPSA) is 40.6 Å². The molecule has 4 nitrogen and oxygen atoms in total. The Balaban J connectivity index is 1.83. The smallest absolute Gasteiger partial charge is 0.254 e. The molecule has 0 radical (unpaired) electrons. The van der Waals surface area contributed by atoms with Crippen LogP contribution in [0.4, 0.5) is 5.69 Å². The molecule has 2 aromatic rings. The molecule has 1 fully saturated rings. The van der Waals surface area contributed by atoms with Crippen LogP contribution in [0.2, 0.25) is 0 Å². The molecule has 0 spiro atoms. The van der Waals surface area contributed by atoms with Gasteiger partial charge < -0.3 is 9.80 Å². The van der Waals surface area contributed by atoms with Crippen molar-refractivity contribution in [1.82, 2.24) is 4.90 Å². The average molecular weight is 336 g/mol. The fourth-order valence-corrected chi connectivity index (χ4v) is 3.27. The van der Waals surface area contributed by atoms with Gasteiger partial charge in [-0.3, -0.25) is 9.59 Å². The highest BCUT2D eigenvalue weighted by Gasteiger charge is 2.35. The lowest BCUT2D eigenvalue weighted by Crippen LogP contribution is -2.57. The van der Waals surface area contributed by atoms with Crippen LogP contribution in [0.3, 0.4) is 0 Å². The van der Waals surface area contributed by atoms with E-state index >= 15 is 0 Å². The van der Waals surface area contributed by atoms with Crippen LogP contribution < -0.4 is 4.90 Å². The van der Waals surface area contributed by atoms with E-state index in [1.807, 2.05) is 63.2 Å². The van der Waals surface area contributed by atoms with E-state index in [0.717, 1.165) is 16.8 Å². The largest absolute Gasteiger partial charge is 0.325 e. The van der Waals surface area contributed by atoms with Gasteiger partial charge in [0.15, 0.2) is 0 Å². The molecule has 0 aliphatic carbocycles. The molecule has 0 unspecified atom stereocenters. The lowest BCUT2D eigenvalue weighted by molar-refractivity contribution is -0.124. The van der Waals surface area contributed by atoms with Crippen molar-refractivity contribution in [1.29, 1.82) is 0 Å². The van der Waals surface area contributed by atoms with Gasteiger partial charge in [0, 0.05) is 24.3 Å². The Bertz CT molecular complexity index is 828. The summed E-state index contributed by atoms with van der Waals surface area (Å²) in [5, 5.41) is 0. The number of hydrogen-bond acceptors (Lipinski definition) is 2. The molecule has 0 bridgehead atoms. The summed E-state index contributed by atoms with van der Waals surface area (Å²) in [4.78, 5) is 29.2. The standard InChI is InChI=1S/C21H24N2O2/c1-14-9-10-18(13-16(14)3)23-12-11-22(17(4)20(23)24)21(25)19-8-6-5-7-15(19)2/h5-10,13,17H,11-12H2,1-4H3/t17-/m0/s1. The summed E-state index contributed by atoms with van der Waals surface area (Å²) in [5.41, 5.74) is 4.88. The van der Waals surface area contributed by atoms with Crippen LogP contribution in [0.25, 0.3) is 0 Å². The van der Waals surface area contributed by atoms with Crippen LogP contribution in [0.15, 0.2) is 42.5 Å². The normalized spacial score (nSPS) is 17.8. The molecular formula is C21H24N2O2. The summed E-state index contributed by atoms with van der Waals surface area (Å²) in [6, 6.07) is 13.1. The molecule has 1 aliphatic rings. The van der Waals surface area contributed by atoms with Gasteiger partial charge >= 0.3 is 0 Å². The van der Waals surface area contributed by atoms with Gasteiger partial charge in [-0.25, -0.2) is 0 Å². The quantitative estimate of drug-likeness (QED) is 0.842. The maximum atomic E-state index is 12.9. The molecule has 4 heteroatoms. The first-order valence-electron chi connectivity index (χ1n) is 8.65. The first kappa shape index (κ1) is 17.2. The molecule has 1 heterocycles. The van der Waals surface area contributed by atoms with Crippen molar-refractivity contribution in [2.45, 2.75) is 33.7 Å². The summed E-state index contributed by atoms with van der Waals surface area (Å²) >= 11 is 0. The van der Waals surface area contributed by atoms with E-state index < -0.39 is 6.04 Å². The monoisotopic (exact) mass is 336 g/mol. The first-order valence-corrected chi connectivity index (χ1v) is 8.65. The van der Waals surface area contributed by atoms with Gasteiger partial charge in [0.05, 0.1) is 0 Å². The third kappa shape index (κ3) is 3.16. The third-order valence-electron chi connectivity index (χ3n) is 5.09. The van der Waals surface area contributed by atoms with Gasteiger partial charge in [-0.1, -0.05) is 24.3 Å². The second kappa shape index (κ2) is 6.71. The highest BCUT2D eigenvalue weighted by Crippen LogP contribution is 2.24. The van der Waals surface area contributed by atoms with Crippen molar-refractivity contribution in [2.24, 2.45) is 0 Å². The van der Waals surface area contributed by atoms with E-state index in [0.29, 0.717) is 18.7 Å². The molecule has 1 saturated heterocycles. The van der Waals surface area contributed by atoms with Crippen LogP contribution in [-0.4, -0.2) is 35.8 Å². The van der Waals surface area contributed by atoms with Gasteiger partial charge in [0.1, 0.15) is 6.04 Å². The summed E-state index contributed by atoms with van der Waals surface area (Å²) in [7, 11) is 0. The SMILES string of the molecule is Cc1ccc(N2CCN(C(=O)c3ccccc3C)[C@@H](C)C2=O)cc1C. The number of amides is 2. The summed E-state index contributed by atoms with van der Waals surface area (Å²) in [6.45, 7) is 8.89. The van der Waals surface area contributed by atoms with Crippen LogP contribution in [0.1, 0.15) is 34.0 Å². The lowest BCUT2D eigenvalue weighted by atomic mass is 10.0. The Morgan fingerprint density at radius 1 is 0.960 bits per heavy atom. The minimum atomic E-state index is -0.470. The second-order valence-electron chi connectivity index (χ2n) is 6.75. The van der Waals surface area contributed by atoms with Crippen molar-refractivity contribution in [2.75, 3.05) is 18.0 Å². The maximum absolute atomic E-state index is 12.9. The fraction of sp³-hybridized carbons (Fsp3) is 0.333. The predicted octanol–water partition coefficient (Wildman–Crippen LogP) is 3.49. The number of aryl methyl sites for hydroxylation is 3. The fourth-order valence-electron chi connectivity index (χ4n) is 3.27. The Labute approximate surface area is 149 Å². The van der Waals surface area contributed by atoms with Gasteiger partial charge in [0.2, 0.25) is 5.91 Å². The van der Waals surface area contributed by atoms with E-state index in [4.69, 9.17) is 0 Å². The Morgan fingerprint density at radius 2 is 1.68 bits per heavy atom. The molecule has 2 amide bonds. The summed E-state index contributed by atoms with van der Waals surface area (Å²) < 4.78 is 0. The van der Waals surface area contributed by atoms with E-state index in [-0.39, 0.29) is 11.8 Å². The maximum Gasteiger partial charge on any atom is 0.254 e. The Hall–Kier alpha value is -2.62. The Kier molecular flexibility index (Phi) is 4.62. The zero-order valence-corrected chi connectivity index (χ0v) is 15.2. The van der Waals surface area contributed by atoms with Crippen LogP contribution in [-0.2, 0) is 4.79 Å². The third-order valence-corrected chi connectivity index (χ3v) is 5.09. The van der Waals surface area contributed by atoms with Gasteiger partial charge in [-0.05, 0) is 62.6 Å². The number of benzene rings is 2. The minimum Gasteiger partial charge on any atom is -0.325 e. The molecular weight excluding hydrogens is 312 g/mol. The number of hydrogen-bond donors (Lipinski definition) is 0. The average Bonchev–Trinajstić information content (AvgIpc) is 2.60. The van der Waals surface area contributed by atoms with Crippen molar-refractivity contribution >= 4 is 17.5 Å². The number of carbonyl (C=O) groups is 2. The Morgan fingerprint density at radius 3 is 2.36 bits per heavy atom. The predicted molar refractivity (Wildman–Crippen MR) is 99.9 cm³/mol. The zero-order valence-electron chi connectivity index (χ0n) is 15.2. The number of rotatable bonds is 2. The van der Waals surface area contributed by atoms with E-state index in [1.54, 1.807) is 9.80 Å². The number of piperazine rings is 1. The van der Waals surface area contributed by atoms with Gasteiger partial charge in [0.25, 0.3) is 5.91 Å². The number of anilines is 1. The number of nitrogens with zero attached hydrogens (tertiary/aromatic N) is 2. The van der Waals surface area contributed by atoms with Crippen LogP contribution in [0, 0.1) is 20.8 Å². The van der Waals surface area contributed by atoms with E-state index in [1.165, 1.54) is 5.56 Å². The zero-order chi connectivity index (χ0) is 18.1. The highest BCUT2D eigenvalue weighted by molar-refractivity contribution is 6.03. The van der Waals surface area contributed by atoms with Crippen molar-refractivity contribution < 1.29 is 9.59 Å². The molecule has 25 heavy (non-hydrogen) atoms. The van der Waals surface area contributed by atoms with Crippen molar-refractivity contribution in [3.05, 3.63) is 64.7 Å².